The van der Waals surface area contributed by atoms with Crippen LogP contribution in [0.3, 0.4) is 0 Å². The van der Waals surface area contributed by atoms with E-state index in [-0.39, 0.29) is 6.61 Å². The number of methoxy groups -OCH3 is 1. The third-order valence-corrected chi connectivity index (χ3v) is 3.50. The van der Waals surface area contributed by atoms with Crippen molar-refractivity contribution in [2.75, 3.05) is 59.6 Å². The largest absolute Gasteiger partial charge is 0.395 e. The van der Waals surface area contributed by atoms with Gasteiger partial charge in [-0.05, 0) is 31.6 Å². The average Bonchev–Trinajstić information content (AvgIpc) is 2.61. The molecular weight excluding hydrogens is 250 g/mol. The Morgan fingerprint density at radius 3 is 2.89 bits per heavy atom. The van der Waals surface area contributed by atoms with Gasteiger partial charge in [0.1, 0.15) is 0 Å². The van der Waals surface area contributed by atoms with Crippen LogP contribution in [-0.2, 0) is 4.74 Å². The number of hydrogen-bond donors (Lipinski definition) is 2. The standard InChI is InChI=1S/C12H25N3O2S/c1-17-11-2-4-13-12(18)15-6-3-5-14(7-8-15)9-10-16/h16H,2-11H2,1H3,(H,13,18). The summed E-state index contributed by atoms with van der Waals surface area (Å²) in [5.41, 5.74) is 0. The van der Waals surface area contributed by atoms with Crippen LogP contribution < -0.4 is 5.32 Å². The fourth-order valence-corrected chi connectivity index (χ4v) is 2.35. The Morgan fingerprint density at radius 1 is 1.33 bits per heavy atom. The Labute approximate surface area is 115 Å². The second-order valence-corrected chi connectivity index (χ2v) is 4.87. The van der Waals surface area contributed by atoms with E-state index < -0.39 is 0 Å². The van der Waals surface area contributed by atoms with Gasteiger partial charge in [-0.2, -0.15) is 0 Å². The van der Waals surface area contributed by atoms with Crippen molar-refractivity contribution in [2.45, 2.75) is 12.8 Å². The summed E-state index contributed by atoms with van der Waals surface area (Å²) in [6, 6.07) is 0. The van der Waals surface area contributed by atoms with E-state index in [1.54, 1.807) is 7.11 Å². The summed E-state index contributed by atoms with van der Waals surface area (Å²) in [6.45, 7) is 6.59. The highest BCUT2D eigenvalue weighted by molar-refractivity contribution is 7.80. The van der Waals surface area contributed by atoms with Crippen LogP contribution >= 0.6 is 12.2 Å². The van der Waals surface area contributed by atoms with Gasteiger partial charge < -0.3 is 20.1 Å². The Balaban J connectivity index is 2.22. The zero-order valence-corrected chi connectivity index (χ0v) is 12.0. The van der Waals surface area contributed by atoms with Gasteiger partial charge in [0.05, 0.1) is 6.61 Å². The smallest absolute Gasteiger partial charge is 0.168 e. The Morgan fingerprint density at radius 2 is 2.17 bits per heavy atom. The van der Waals surface area contributed by atoms with E-state index in [1.807, 2.05) is 0 Å². The van der Waals surface area contributed by atoms with Gasteiger partial charge in [0.15, 0.2) is 5.11 Å². The van der Waals surface area contributed by atoms with Gasteiger partial charge in [-0.25, -0.2) is 0 Å². The van der Waals surface area contributed by atoms with Crippen LogP contribution in [0.15, 0.2) is 0 Å². The Hall–Kier alpha value is -0.430. The van der Waals surface area contributed by atoms with E-state index in [1.165, 1.54) is 0 Å². The average molecular weight is 275 g/mol. The molecule has 0 radical (unpaired) electrons. The summed E-state index contributed by atoms with van der Waals surface area (Å²) in [5, 5.41) is 13.1. The molecular formula is C12H25N3O2S. The topological polar surface area (TPSA) is 48.0 Å². The molecule has 1 aliphatic rings. The maximum absolute atomic E-state index is 8.95. The molecule has 0 amide bonds. The molecule has 1 rings (SSSR count). The molecule has 1 fully saturated rings. The predicted molar refractivity (Wildman–Crippen MR) is 76.8 cm³/mol. The summed E-state index contributed by atoms with van der Waals surface area (Å²) in [4.78, 5) is 4.51. The molecule has 0 aliphatic carbocycles. The molecule has 1 heterocycles. The summed E-state index contributed by atoms with van der Waals surface area (Å²) in [7, 11) is 1.71. The molecule has 0 aromatic heterocycles. The number of hydrogen-bond acceptors (Lipinski definition) is 4. The van der Waals surface area contributed by atoms with Crippen LogP contribution in [0, 0.1) is 0 Å². The lowest BCUT2D eigenvalue weighted by Gasteiger charge is -2.24. The first-order valence-electron chi connectivity index (χ1n) is 6.63. The number of nitrogens with zero attached hydrogens (tertiary/aromatic N) is 2. The highest BCUT2D eigenvalue weighted by atomic mass is 32.1. The van der Waals surface area contributed by atoms with E-state index in [0.717, 1.165) is 63.8 Å². The summed E-state index contributed by atoms with van der Waals surface area (Å²) in [5.74, 6) is 0. The van der Waals surface area contributed by atoms with E-state index >= 15 is 0 Å². The van der Waals surface area contributed by atoms with Crippen LogP contribution in [0.25, 0.3) is 0 Å². The van der Waals surface area contributed by atoms with Crippen molar-refractivity contribution in [2.24, 2.45) is 0 Å². The van der Waals surface area contributed by atoms with Gasteiger partial charge in [0.2, 0.25) is 0 Å². The maximum Gasteiger partial charge on any atom is 0.168 e. The monoisotopic (exact) mass is 275 g/mol. The minimum Gasteiger partial charge on any atom is -0.395 e. The lowest BCUT2D eigenvalue weighted by molar-refractivity contribution is 0.195. The first kappa shape index (κ1) is 15.6. The second kappa shape index (κ2) is 9.49. The highest BCUT2D eigenvalue weighted by Gasteiger charge is 2.15. The lowest BCUT2D eigenvalue weighted by atomic mass is 10.4. The minimum atomic E-state index is 0.236. The van der Waals surface area contributed by atoms with Gasteiger partial charge in [-0.1, -0.05) is 0 Å². The number of rotatable bonds is 6. The van der Waals surface area contributed by atoms with Gasteiger partial charge in [-0.15, -0.1) is 0 Å². The molecule has 106 valence electrons. The van der Waals surface area contributed by atoms with Gasteiger partial charge >= 0.3 is 0 Å². The van der Waals surface area contributed by atoms with E-state index in [0.29, 0.717) is 0 Å². The minimum absolute atomic E-state index is 0.236. The fourth-order valence-electron chi connectivity index (χ4n) is 2.06. The molecule has 0 bridgehead atoms. The van der Waals surface area contributed by atoms with Crippen molar-refractivity contribution in [3.05, 3.63) is 0 Å². The quantitative estimate of drug-likeness (QED) is 0.521. The van der Waals surface area contributed by atoms with E-state index in [4.69, 9.17) is 22.1 Å². The summed E-state index contributed by atoms with van der Waals surface area (Å²) < 4.78 is 5.00. The summed E-state index contributed by atoms with van der Waals surface area (Å²) >= 11 is 5.39. The van der Waals surface area contributed by atoms with E-state index in [9.17, 15) is 0 Å². The number of β-amino-alcohol motifs (C(OH)–C–C–N with tert-alkyl or cyclic N) is 1. The lowest BCUT2D eigenvalue weighted by Crippen LogP contribution is -2.42. The zero-order chi connectivity index (χ0) is 13.2. The molecule has 0 aromatic rings. The van der Waals surface area contributed by atoms with Gasteiger partial charge in [0.25, 0.3) is 0 Å². The van der Waals surface area contributed by atoms with Crippen molar-refractivity contribution < 1.29 is 9.84 Å². The van der Waals surface area contributed by atoms with Crippen LogP contribution in [0.4, 0.5) is 0 Å². The summed E-state index contributed by atoms with van der Waals surface area (Å²) in [6.07, 6.45) is 2.07. The Kier molecular flexibility index (Phi) is 8.24. The molecule has 6 heteroatoms. The highest BCUT2D eigenvalue weighted by Crippen LogP contribution is 2.03. The molecule has 0 aromatic carbocycles. The van der Waals surface area contributed by atoms with Gasteiger partial charge in [-0.3, -0.25) is 4.90 Å². The number of aliphatic hydroxyl groups excluding tert-OH is 1. The molecule has 2 N–H and O–H groups in total. The first-order valence-corrected chi connectivity index (χ1v) is 7.03. The fraction of sp³-hybridized carbons (Fsp3) is 0.917. The third kappa shape index (κ3) is 5.95. The van der Waals surface area contributed by atoms with E-state index in [2.05, 4.69) is 15.1 Å². The molecule has 0 atom stereocenters. The van der Waals surface area contributed by atoms with Crippen LogP contribution in [-0.4, -0.2) is 79.6 Å². The number of ether oxygens (including phenoxy) is 1. The van der Waals surface area contributed by atoms with Crippen LogP contribution in [0.1, 0.15) is 12.8 Å². The molecule has 1 saturated heterocycles. The van der Waals surface area contributed by atoms with Crippen molar-refractivity contribution in [1.29, 1.82) is 0 Å². The molecule has 5 nitrogen and oxygen atoms in total. The second-order valence-electron chi connectivity index (χ2n) is 4.48. The predicted octanol–water partition coefficient (Wildman–Crippen LogP) is -0.103. The molecule has 0 unspecified atom stereocenters. The van der Waals surface area contributed by atoms with Crippen LogP contribution in [0.2, 0.25) is 0 Å². The van der Waals surface area contributed by atoms with Gasteiger partial charge in [0, 0.05) is 46.4 Å². The van der Waals surface area contributed by atoms with Crippen molar-refractivity contribution in [1.82, 2.24) is 15.1 Å². The molecule has 18 heavy (non-hydrogen) atoms. The maximum atomic E-state index is 8.95. The Bertz CT molecular complexity index is 241. The number of thiocarbonyl (C=S) groups is 1. The normalized spacial score (nSPS) is 17.6. The van der Waals surface area contributed by atoms with Crippen molar-refractivity contribution >= 4 is 17.3 Å². The molecule has 0 spiro atoms. The molecule has 1 aliphatic heterocycles. The number of nitrogens with one attached hydrogen (secondary N) is 1. The number of aliphatic hydroxyl groups is 1. The SMILES string of the molecule is COCCCNC(=S)N1CCCN(CCO)CC1. The molecule has 0 saturated carbocycles. The third-order valence-electron chi connectivity index (χ3n) is 3.09. The van der Waals surface area contributed by atoms with Crippen molar-refractivity contribution in [3.8, 4) is 0 Å². The zero-order valence-electron chi connectivity index (χ0n) is 11.2. The van der Waals surface area contributed by atoms with Crippen LogP contribution in [0.5, 0.6) is 0 Å². The van der Waals surface area contributed by atoms with Crippen molar-refractivity contribution in [3.63, 3.8) is 0 Å². The first-order chi connectivity index (χ1) is 8.77.